The van der Waals surface area contributed by atoms with Crippen LogP contribution in [0.5, 0.6) is 0 Å². The average molecular weight is 522 g/mol. The maximum absolute atomic E-state index is 13.5. The lowest BCUT2D eigenvalue weighted by Crippen LogP contribution is -2.63. The Hall–Kier alpha value is -4.21. The van der Waals surface area contributed by atoms with Crippen molar-refractivity contribution < 1.29 is 33.8 Å². The predicted molar refractivity (Wildman–Crippen MR) is 136 cm³/mol. The zero-order valence-electron chi connectivity index (χ0n) is 21.7. The zero-order valence-corrected chi connectivity index (χ0v) is 21.7. The van der Waals surface area contributed by atoms with E-state index < -0.39 is 34.8 Å². The first-order valence-corrected chi connectivity index (χ1v) is 12.4. The Morgan fingerprint density at radius 1 is 1.08 bits per heavy atom. The molecule has 4 amide bonds. The highest BCUT2D eigenvalue weighted by Crippen LogP contribution is 2.37. The van der Waals surface area contributed by atoms with Crippen LogP contribution in [0.1, 0.15) is 60.7 Å². The molecular formula is C28H31N3O7. The molecule has 2 N–H and O–H groups in total. The molecule has 4 rings (SSSR count). The van der Waals surface area contributed by atoms with Crippen molar-refractivity contribution >= 4 is 29.8 Å². The summed E-state index contributed by atoms with van der Waals surface area (Å²) in [5, 5.41) is 12.2. The number of alkyl carbamates (subject to hydrolysis) is 1. The number of benzene rings is 2. The SMILES string of the molecule is CC(C)(CN1C(=O)CCC(C)(N2Cc3cc(CNC(=O)OCc4ccccc4)ccc3C2=O)C1=O)C(=O)O. The van der Waals surface area contributed by atoms with Gasteiger partial charge < -0.3 is 20.1 Å². The topological polar surface area (TPSA) is 133 Å². The summed E-state index contributed by atoms with van der Waals surface area (Å²) in [7, 11) is 0. The standard InChI is InChI=1S/C28H31N3O7/c1-27(2,25(35)36)17-30-22(32)11-12-28(3,24(30)34)31-15-20-13-19(9-10-21(20)23(31)33)14-29-26(37)38-16-18-7-5-4-6-8-18/h4-10,13H,11-12,14-17H2,1-3H3,(H,29,37)(H,35,36). The first-order chi connectivity index (χ1) is 17.9. The van der Waals surface area contributed by atoms with Gasteiger partial charge in [-0.3, -0.25) is 24.1 Å². The summed E-state index contributed by atoms with van der Waals surface area (Å²) >= 11 is 0. The fourth-order valence-electron chi connectivity index (χ4n) is 4.70. The van der Waals surface area contributed by atoms with Gasteiger partial charge in [0.25, 0.3) is 11.8 Å². The average Bonchev–Trinajstić information content (AvgIpc) is 3.23. The van der Waals surface area contributed by atoms with E-state index in [1.54, 1.807) is 25.1 Å². The number of hydrogen-bond donors (Lipinski definition) is 2. The minimum absolute atomic E-state index is 0.0261. The fourth-order valence-corrected chi connectivity index (χ4v) is 4.70. The number of nitrogens with zero attached hydrogens (tertiary/aromatic N) is 2. The number of carboxylic acids is 1. The largest absolute Gasteiger partial charge is 0.481 e. The van der Waals surface area contributed by atoms with Crippen LogP contribution in [0.2, 0.25) is 0 Å². The molecule has 2 aliphatic heterocycles. The van der Waals surface area contributed by atoms with Crippen molar-refractivity contribution in [1.29, 1.82) is 0 Å². The molecule has 2 aromatic carbocycles. The summed E-state index contributed by atoms with van der Waals surface area (Å²) in [4.78, 5) is 65.5. The molecule has 2 heterocycles. The Balaban J connectivity index is 1.43. The molecule has 10 nitrogen and oxygen atoms in total. The van der Waals surface area contributed by atoms with Crippen LogP contribution in [0.15, 0.2) is 48.5 Å². The zero-order chi connectivity index (χ0) is 27.7. The molecule has 2 aliphatic rings. The van der Waals surface area contributed by atoms with E-state index in [0.717, 1.165) is 16.0 Å². The highest BCUT2D eigenvalue weighted by Gasteiger charge is 2.52. The molecule has 2 aromatic rings. The number of amides is 4. The van der Waals surface area contributed by atoms with Crippen molar-refractivity contribution in [3.63, 3.8) is 0 Å². The number of carbonyl (C=O) groups is 5. The van der Waals surface area contributed by atoms with Crippen LogP contribution in [-0.2, 0) is 38.8 Å². The van der Waals surface area contributed by atoms with Gasteiger partial charge in [0, 0.05) is 31.6 Å². The van der Waals surface area contributed by atoms with Gasteiger partial charge in [-0.1, -0.05) is 42.5 Å². The van der Waals surface area contributed by atoms with Gasteiger partial charge in [-0.05, 0) is 49.9 Å². The van der Waals surface area contributed by atoms with E-state index in [1.165, 1.54) is 18.7 Å². The summed E-state index contributed by atoms with van der Waals surface area (Å²) in [6.07, 6.45) is -0.393. The van der Waals surface area contributed by atoms with Crippen LogP contribution < -0.4 is 5.32 Å². The second-order valence-electron chi connectivity index (χ2n) is 10.5. The fraction of sp³-hybridized carbons (Fsp3) is 0.393. The van der Waals surface area contributed by atoms with Crippen molar-refractivity contribution in [2.75, 3.05) is 6.54 Å². The Morgan fingerprint density at radius 2 is 1.79 bits per heavy atom. The number of imide groups is 1. The Bertz CT molecular complexity index is 1290. The molecule has 0 bridgehead atoms. The smallest absolute Gasteiger partial charge is 0.407 e. The number of carbonyl (C=O) groups excluding carboxylic acids is 4. The third-order valence-electron chi connectivity index (χ3n) is 7.18. The van der Waals surface area contributed by atoms with Crippen LogP contribution in [-0.4, -0.2) is 56.8 Å². The molecule has 38 heavy (non-hydrogen) atoms. The van der Waals surface area contributed by atoms with E-state index in [4.69, 9.17) is 4.74 Å². The number of ether oxygens (including phenoxy) is 1. The van der Waals surface area contributed by atoms with Gasteiger partial charge in [-0.2, -0.15) is 0 Å². The number of carboxylic acid groups (broad SMARTS) is 1. The van der Waals surface area contributed by atoms with Gasteiger partial charge in [0.2, 0.25) is 5.91 Å². The van der Waals surface area contributed by atoms with Gasteiger partial charge in [-0.25, -0.2) is 4.79 Å². The molecule has 200 valence electrons. The normalized spacial score (nSPS) is 19.4. The van der Waals surface area contributed by atoms with Crippen molar-refractivity contribution in [1.82, 2.24) is 15.1 Å². The van der Waals surface area contributed by atoms with Crippen molar-refractivity contribution in [2.45, 2.75) is 58.8 Å². The highest BCUT2D eigenvalue weighted by atomic mass is 16.5. The van der Waals surface area contributed by atoms with E-state index in [-0.39, 0.29) is 45.0 Å². The molecule has 1 atom stereocenters. The summed E-state index contributed by atoms with van der Waals surface area (Å²) in [6.45, 7) is 4.75. The maximum Gasteiger partial charge on any atom is 0.407 e. The summed E-state index contributed by atoms with van der Waals surface area (Å²) in [5.74, 6) is -2.48. The number of likely N-dealkylation sites (tertiary alicyclic amines) is 1. The van der Waals surface area contributed by atoms with Crippen molar-refractivity contribution in [2.24, 2.45) is 5.41 Å². The lowest BCUT2D eigenvalue weighted by atomic mass is 9.85. The van der Waals surface area contributed by atoms with Gasteiger partial charge >= 0.3 is 12.1 Å². The Labute approximate surface area is 220 Å². The third kappa shape index (κ3) is 5.25. The van der Waals surface area contributed by atoms with Crippen LogP contribution in [0.4, 0.5) is 4.79 Å². The lowest BCUT2D eigenvalue weighted by molar-refractivity contribution is -0.162. The van der Waals surface area contributed by atoms with Crippen LogP contribution in [0, 0.1) is 5.41 Å². The predicted octanol–water partition coefficient (Wildman–Crippen LogP) is 3.09. The van der Waals surface area contributed by atoms with Gasteiger partial charge in [0.1, 0.15) is 12.1 Å². The minimum Gasteiger partial charge on any atom is -0.481 e. The number of aliphatic carboxylic acids is 1. The summed E-state index contributed by atoms with van der Waals surface area (Å²) < 4.78 is 5.23. The number of fused-ring (bicyclic) bond motifs is 1. The third-order valence-corrected chi connectivity index (χ3v) is 7.18. The molecule has 10 heteroatoms. The lowest BCUT2D eigenvalue weighted by Gasteiger charge is -2.44. The molecule has 0 saturated carbocycles. The van der Waals surface area contributed by atoms with E-state index in [9.17, 15) is 29.1 Å². The maximum atomic E-state index is 13.5. The molecule has 0 aromatic heterocycles. The molecule has 1 fully saturated rings. The highest BCUT2D eigenvalue weighted by molar-refractivity contribution is 6.07. The second-order valence-corrected chi connectivity index (χ2v) is 10.5. The second kappa shape index (κ2) is 10.3. The van der Waals surface area contributed by atoms with E-state index >= 15 is 0 Å². The quantitative estimate of drug-likeness (QED) is 0.510. The van der Waals surface area contributed by atoms with E-state index in [1.807, 2.05) is 30.3 Å². The first kappa shape index (κ1) is 26.8. The van der Waals surface area contributed by atoms with E-state index in [0.29, 0.717) is 11.1 Å². The minimum atomic E-state index is -1.33. The van der Waals surface area contributed by atoms with Gasteiger partial charge in [0.15, 0.2) is 0 Å². The summed E-state index contributed by atoms with van der Waals surface area (Å²) in [5.41, 5.74) is 0.162. The first-order valence-electron chi connectivity index (χ1n) is 12.4. The number of nitrogens with one attached hydrogen (secondary N) is 1. The van der Waals surface area contributed by atoms with E-state index in [2.05, 4.69) is 5.32 Å². The molecule has 1 saturated heterocycles. The molecule has 1 unspecified atom stereocenters. The Morgan fingerprint density at radius 3 is 2.47 bits per heavy atom. The number of rotatable bonds is 8. The summed E-state index contributed by atoms with van der Waals surface area (Å²) in [6, 6.07) is 14.5. The van der Waals surface area contributed by atoms with Gasteiger partial charge in [-0.15, -0.1) is 0 Å². The van der Waals surface area contributed by atoms with Crippen LogP contribution >= 0.6 is 0 Å². The molecule has 0 spiro atoms. The Kier molecular flexibility index (Phi) is 7.26. The van der Waals surface area contributed by atoms with Crippen molar-refractivity contribution in [3.8, 4) is 0 Å². The monoisotopic (exact) mass is 521 g/mol. The number of hydrogen-bond acceptors (Lipinski definition) is 6. The molecule has 0 aliphatic carbocycles. The molecular weight excluding hydrogens is 490 g/mol. The van der Waals surface area contributed by atoms with Crippen LogP contribution in [0.3, 0.4) is 0 Å². The van der Waals surface area contributed by atoms with Crippen LogP contribution in [0.25, 0.3) is 0 Å². The van der Waals surface area contributed by atoms with Gasteiger partial charge in [0.05, 0.1) is 5.41 Å². The molecule has 0 radical (unpaired) electrons. The van der Waals surface area contributed by atoms with Crippen molar-refractivity contribution in [3.05, 3.63) is 70.8 Å². The number of piperidine rings is 1.